The van der Waals surface area contributed by atoms with Gasteiger partial charge in [-0.25, -0.2) is 4.99 Å². The van der Waals surface area contributed by atoms with Gasteiger partial charge in [0.1, 0.15) is 29.3 Å². The lowest BCUT2D eigenvalue weighted by Gasteiger charge is -2.32. The summed E-state index contributed by atoms with van der Waals surface area (Å²) in [6.45, 7) is 0. The first-order valence-corrected chi connectivity index (χ1v) is 20.2. The van der Waals surface area contributed by atoms with Gasteiger partial charge in [-0.05, 0) is 70.8 Å². The Morgan fingerprint density at radius 3 is 1.93 bits per heavy atom. The van der Waals surface area contributed by atoms with Crippen LogP contribution in [0.5, 0.6) is 0 Å². The molecule has 6 heteroatoms. The second-order valence-corrected chi connectivity index (χ2v) is 15.9. The summed E-state index contributed by atoms with van der Waals surface area (Å²) in [6, 6.07) is 64.9. The maximum Gasteiger partial charge on any atom is 0.136 e. The van der Waals surface area contributed by atoms with Crippen molar-refractivity contribution in [1.29, 1.82) is 0 Å². The molecule has 2 atom stereocenters. The minimum Gasteiger partial charge on any atom is -0.456 e. The van der Waals surface area contributed by atoms with Gasteiger partial charge in [0.2, 0.25) is 0 Å². The van der Waals surface area contributed by atoms with Crippen molar-refractivity contribution in [2.75, 3.05) is 0 Å². The minimum atomic E-state index is -0.199. The molecule has 0 aliphatic carbocycles. The van der Waals surface area contributed by atoms with Gasteiger partial charge in [0, 0.05) is 53.0 Å². The van der Waals surface area contributed by atoms with Gasteiger partial charge >= 0.3 is 0 Å². The Labute approximate surface area is 332 Å². The first-order chi connectivity index (χ1) is 28.2. The van der Waals surface area contributed by atoms with Crippen LogP contribution in [0.25, 0.3) is 80.7 Å². The van der Waals surface area contributed by atoms with Crippen molar-refractivity contribution in [1.82, 2.24) is 15.2 Å². The molecule has 0 bridgehead atoms. The standard InChI is InChI=1S/C51H34N4OS/c1-3-12-31(13-4-1)49-52-50(32-14-5-2-6-15-32)54-51(53-49)34-23-26-41-45(28-34)56-44-21-11-18-36(48(41)44)33-22-25-39-40-27-24-35(30-47(40)57-46(39)29-33)55-42-19-9-7-16-37(42)38-17-8-10-20-43(38)55/h1-30,49-50,52H,(H,53,54). The van der Waals surface area contributed by atoms with Gasteiger partial charge in [-0.2, -0.15) is 0 Å². The van der Waals surface area contributed by atoms with Crippen LogP contribution in [0.2, 0.25) is 0 Å². The Morgan fingerprint density at radius 1 is 0.509 bits per heavy atom. The van der Waals surface area contributed by atoms with Gasteiger partial charge in [0.25, 0.3) is 0 Å². The van der Waals surface area contributed by atoms with Crippen LogP contribution in [0, 0.1) is 0 Å². The van der Waals surface area contributed by atoms with Crippen LogP contribution in [0.1, 0.15) is 29.0 Å². The number of hydrogen-bond donors (Lipinski definition) is 2. The highest BCUT2D eigenvalue weighted by Gasteiger charge is 2.26. The van der Waals surface area contributed by atoms with E-state index >= 15 is 0 Å². The molecule has 0 saturated heterocycles. The molecule has 1 aliphatic rings. The molecule has 4 heterocycles. The van der Waals surface area contributed by atoms with E-state index in [4.69, 9.17) is 9.41 Å². The van der Waals surface area contributed by atoms with E-state index in [0.29, 0.717) is 0 Å². The lowest BCUT2D eigenvalue weighted by atomic mass is 9.98. The molecular formula is C51H34N4OS. The molecule has 0 fully saturated rings. The topological polar surface area (TPSA) is 54.5 Å². The number of furan rings is 1. The molecule has 8 aromatic carbocycles. The zero-order valence-corrected chi connectivity index (χ0v) is 31.5. The van der Waals surface area contributed by atoms with Crippen molar-refractivity contribution in [3.05, 3.63) is 199 Å². The number of amidine groups is 1. The van der Waals surface area contributed by atoms with Crippen molar-refractivity contribution in [3.8, 4) is 16.8 Å². The number of aromatic nitrogens is 1. The number of fused-ring (bicyclic) bond motifs is 9. The van der Waals surface area contributed by atoms with Crippen LogP contribution in [-0.4, -0.2) is 10.4 Å². The zero-order valence-electron chi connectivity index (χ0n) is 30.7. The van der Waals surface area contributed by atoms with Crippen LogP contribution < -0.4 is 10.6 Å². The van der Waals surface area contributed by atoms with E-state index in [1.807, 2.05) is 23.5 Å². The van der Waals surface area contributed by atoms with Crippen LogP contribution >= 0.6 is 11.3 Å². The number of nitrogens with one attached hydrogen (secondary N) is 2. The van der Waals surface area contributed by atoms with Crippen LogP contribution in [0.4, 0.5) is 0 Å². The highest BCUT2D eigenvalue weighted by atomic mass is 32.1. The normalized spacial score (nSPS) is 15.9. The van der Waals surface area contributed by atoms with Gasteiger partial charge in [0.15, 0.2) is 0 Å². The molecule has 12 rings (SSSR count). The van der Waals surface area contributed by atoms with E-state index in [-0.39, 0.29) is 12.3 Å². The Hall–Kier alpha value is -6.99. The zero-order chi connectivity index (χ0) is 37.5. The largest absolute Gasteiger partial charge is 0.456 e. The summed E-state index contributed by atoms with van der Waals surface area (Å²) in [5.74, 6) is 0.829. The number of hydrogen-bond acceptors (Lipinski definition) is 5. The molecule has 0 amide bonds. The summed E-state index contributed by atoms with van der Waals surface area (Å²) in [5, 5.41) is 14.7. The number of benzene rings is 8. The molecule has 5 nitrogen and oxygen atoms in total. The highest BCUT2D eigenvalue weighted by molar-refractivity contribution is 7.25. The highest BCUT2D eigenvalue weighted by Crippen LogP contribution is 2.42. The fraction of sp³-hybridized carbons (Fsp3) is 0.0392. The smallest absolute Gasteiger partial charge is 0.136 e. The Balaban J connectivity index is 0.935. The van der Waals surface area contributed by atoms with Crippen molar-refractivity contribution < 1.29 is 4.42 Å². The van der Waals surface area contributed by atoms with E-state index in [1.165, 1.54) is 53.2 Å². The van der Waals surface area contributed by atoms with Crippen molar-refractivity contribution in [2.45, 2.75) is 12.3 Å². The average Bonchev–Trinajstić information content (AvgIpc) is 3.95. The Bertz CT molecular complexity index is 3320. The summed E-state index contributed by atoms with van der Waals surface area (Å²) in [4.78, 5) is 5.17. The second kappa shape index (κ2) is 12.8. The number of para-hydroxylation sites is 2. The average molecular weight is 751 g/mol. The molecular weight excluding hydrogens is 717 g/mol. The Morgan fingerprint density at radius 2 is 1.16 bits per heavy atom. The van der Waals surface area contributed by atoms with Crippen LogP contribution in [0.15, 0.2) is 191 Å². The number of rotatable bonds is 5. The van der Waals surface area contributed by atoms with Gasteiger partial charge in [0.05, 0.1) is 11.0 Å². The molecule has 270 valence electrons. The van der Waals surface area contributed by atoms with Gasteiger partial charge in [-0.1, -0.05) is 133 Å². The number of thiophene rings is 1. The van der Waals surface area contributed by atoms with Crippen LogP contribution in [-0.2, 0) is 0 Å². The minimum absolute atomic E-state index is 0.106. The van der Waals surface area contributed by atoms with Crippen molar-refractivity contribution in [2.24, 2.45) is 4.99 Å². The third-order valence-electron chi connectivity index (χ3n) is 11.5. The molecule has 0 saturated carbocycles. The predicted molar refractivity (Wildman–Crippen MR) is 238 cm³/mol. The van der Waals surface area contributed by atoms with Crippen molar-refractivity contribution >= 4 is 81.1 Å². The fourth-order valence-electron chi connectivity index (χ4n) is 8.82. The Kier molecular flexibility index (Phi) is 7.24. The van der Waals surface area contributed by atoms with Crippen LogP contribution in [0.3, 0.4) is 0 Å². The lowest BCUT2D eigenvalue weighted by molar-refractivity contribution is 0.409. The molecule has 0 spiro atoms. The molecule has 3 aromatic heterocycles. The first kappa shape index (κ1) is 32.3. The van der Waals surface area contributed by atoms with E-state index in [9.17, 15) is 0 Å². The lowest BCUT2D eigenvalue weighted by Crippen LogP contribution is -2.44. The molecule has 11 aromatic rings. The summed E-state index contributed by atoms with van der Waals surface area (Å²) >= 11 is 1.86. The monoisotopic (exact) mass is 750 g/mol. The molecule has 2 N–H and O–H groups in total. The predicted octanol–water partition coefficient (Wildman–Crippen LogP) is 13.1. The van der Waals surface area contributed by atoms with Gasteiger partial charge < -0.3 is 14.3 Å². The SMILES string of the molecule is c1ccc(C2N=C(c3ccc4c(c3)oc3cccc(-c5ccc6c(c5)sc5cc(-n7c8ccccc8c8ccccc87)ccc56)c34)NC(c3ccccc3)N2)cc1. The maximum absolute atomic E-state index is 6.62. The molecule has 57 heavy (non-hydrogen) atoms. The summed E-state index contributed by atoms with van der Waals surface area (Å²) in [7, 11) is 0. The van der Waals surface area contributed by atoms with E-state index in [0.717, 1.165) is 50.0 Å². The van der Waals surface area contributed by atoms with E-state index < -0.39 is 0 Å². The third kappa shape index (κ3) is 5.22. The summed E-state index contributed by atoms with van der Waals surface area (Å²) in [6.07, 6.45) is -0.305. The van der Waals surface area contributed by atoms with Gasteiger partial charge in [-0.15, -0.1) is 11.3 Å². The molecule has 2 unspecified atom stereocenters. The summed E-state index contributed by atoms with van der Waals surface area (Å²) < 4.78 is 11.6. The number of nitrogens with zero attached hydrogens (tertiary/aromatic N) is 2. The maximum atomic E-state index is 6.62. The summed E-state index contributed by atoms with van der Waals surface area (Å²) in [5.41, 5.74) is 10.9. The van der Waals surface area contributed by atoms with Gasteiger partial charge in [-0.3, -0.25) is 5.32 Å². The van der Waals surface area contributed by atoms with E-state index in [2.05, 4.69) is 185 Å². The first-order valence-electron chi connectivity index (χ1n) is 19.3. The molecule has 0 radical (unpaired) electrons. The number of aliphatic imine (C=N–C) groups is 1. The second-order valence-electron chi connectivity index (χ2n) is 14.8. The fourth-order valence-corrected chi connectivity index (χ4v) is 9.99. The third-order valence-corrected chi connectivity index (χ3v) is 12.6. The van der Waals surface area contributed by atoms with E-state index in [1.54, 1.807) is 0 Å². The quantitative estimate of drug-likeness (QED) is 0.184. The van der Waals surface area contributed by atoms with Crippen molar-refractivity contribution in [3.63, 3.8) is 0 Å². The molecule has 1 aliphatic heterocycles.